The number of hydrogen-bond acceptors (Lipinski definition) is 6. The molecular weight excluding hydrogens is 384 g/mol. The molecule has 0 bridgehead atoms. The molecule has 1 aromatic heterocycles. The first-order valence-electron chi connectivity index (χ1n) is 9.80. The summed E-state index contributed by atoms with van der Waals surface area (Å²) >= 11 is 0. The molecule has 30 heavy (non-hydrogen) atoms. The molecule has 0 amide bonds. The lowest BCUT2D eigenvalue weighted by Crippen LogP contribution is -2.23. The van der Waals surface area contributed by atoms with Crippen LogP contribution in [0.2, 0.25) is 0 Å². The normalized spacial score (nSPS) is 10.8. The lowest BCUT2D eigenvalue weighted by atomic mass is 10.1. The fraction of sp³-hybridized carbons (Fsp3) is 0.304. The van der Waals surface area contributed by atoms with Crippen molar-refractivity contribution in [3.8, 4) is 5.75 Å². The van der Waals surface area contributed by atoms with E-state index in [0.717, 1.165) is 0 Å². The summed E-state index contributed by atoms with van der Waals surface area (Å²) in [6.07, 6.45) is 0. The molecule has 3 rings (SSSR count). The molecule has 3 aromatic rings. The smallest absolute Gasteiger partial charge is 0.338 e. The predicted molar refractivity (Wildman–Crippen MR) is 113 cm³/mol. The third-order valence-corrected chi connectivity index (χ3v) is 4.79. The quantitative estimate of drug-likeness (QED) is 0.438. The maximum absolute atomic E-state index is 12.6. The largest absolute Gasteiger partial charge is 0.493 e. The highest BCUT2D eigenvalue weighted by Crippen LogP contribution is 2.23. The molecule has 0 saturated carbocycles. The van der Waals surface area contributed by atoms with Gasteiger partial charge in [0.15, 0.2) is 5.78 Å². The van der Waals surface area contributed by atoms with Gasteiger partial charge in [0, 0.05) is 17.7 Å². The highest BCUT2D eigenvalue weighted by Gasteiger charge is 2.14. The highest BCUT2D eigenvalue weighted by atomic mass is 16.5. The van der Waals surface area contributed by atoms with E-state index in [1.165, 1.54) is 6.92 Å². The second-order valence-electron chi connectivity index (χ2n) is 6.84. The Morgan fingerprint density at radius 1 is 1.07 bits per heavy atom. The van der Waals surface area contributed by atoms with Crippen LogP contribution in [0.4, 0.5) is 0 Å². The zero-order valence-corrected chi connectivity index (χ0v) is 17.5. The summed E-state index contributed by atoms with van der Waals surface area (Å²) in [6, 6.07) is 9.99. The van der Waals surface area contributed by atoms with Crippen LogP contribution in [0.25, 0.3) is 11.0 Å². The molecule has 0 radical (unpaired) electrons. The van der Waals surface area contributed by atoms with Crippen LogP contribution < -0.4 is 10.3 Å². The topological polar surface area (TPSA) is 87.5 Å². The van der Waals surface area contributed by atoms with E-state index >= 15 is 0 Å². The molecule has 156 valence electrons. The Labute approximate surface area is 174 Å². The zero-order valence-electron chi connectivity index (χ0n) is 17.5. The van der Waals surface area contributed by atoms with Crippen LogP contribution in [0.3, 0.4) is 0 Å². The van der Waals surface area contributed by atoms with Gasteiger partial charge in [-0.05, 0) is 64.1 Å². The van der Waals surface area contributed by atoms with Gasteiger partial charge in [0.1, 0.15) is 18.1 Å². The number of esters is 1. The lowest BCUT2D eigenvalue weighted by molar-refractivity contribution is 0.0470. The zero-order chi connectivity index (χ0) is 21.8. The summed E-state index contributed by atoms with van der Waals surface area (Å²) in [5.41, 5.74) is 2.91. The molecule has 1 heterocycles. The Hall–Kier alpha value is -3.48. The van der Waals surface area contributed by atoms with E-state index in [0.29, 0.717) is 52.3 Å². The minimum absolute atomic E-state index is 0.0335. The van der Waals surface area contributed by atoms with Gasteiger partial charge in [0.05, 0.1) is 23.2 Å². The maximum Gasteiger partial charge on any atom is 0.338 e. The molecule has 0 aliphatic carbocycles. The number of aromatic nitrogens is 2. The number of fused-ring (bicyclic) bond motifs is 1. The van der Waals surface area contributed by atoms with Gasteiger partial charge in [-0.2, -0.15) is 0 Å². The van der Waals surface area contributed by atoms with Gasteiger partial charge in [0.25, 0.3) is 5.56 Å². The number of benzene rings is 2. The maximum atomic E-state index is 12.6. The number of aryl methyl sites for hydroxylation is 2. The van der Waals surface area contributed by atoms with Gasteiger partial charge < -0.3 is 14.0 Å². The molecule has 0 atom stereocenters. The van der Waals surface area contributed by atoms with E-state index in [-0.39, 0.29) is 17.9 Å². The van der Waals surface area contributed by atoms with Crippen LogP contribution in [0.15, 0.2) is 41.2 Å². The minimum Gasteiger partial charge on any atom is -0.493 e. The van der Waals surface area contributed by atoms with Crippen molar-refractivity contribution in [1.82, 2.24) is 9.55 Å². The lowest BCUT2D eigenvalue weighted by Gasteiger charge is -2.13. The Morgan fingerprint density at radius 3 is 2.47 bits per heavy atom. The molecule has 7 nitrogen and oxygen atoms in total. The number of ketones is 1. The minimum atomic E-state index is -0.527. The van der Waals surface area contributed by atoms with Crippen LogP contribution in [-0.4, -0.2) is 27.9 Å². The Morgan fingerprint density at radius 2 is 1.80 bits per heavy atom. The fourth-order valence-corrected chi connectivity index (χ4v) is 3.25. The van der Waals surface area contributed by atoms with Crippen molar-refractivity contribution < 1.29 is 19.1 Å². The molecule has 0 aliphatic heterocycles. The Balaban J connectivity index is 1.87. The predicted octanol–water partition coefficient (Wildman–Crippen LogP) is 3.68. The number of carbonyl (C=O) groups excluding carboxylic acids is 2. The summed E-state index contributed by atoms with van der Waals surface area (Å²) in [4.78, 5) is 40.8. The first-order chi connectivity index (χ1) is 14.3. The number of carbonyl (C=O) groups is 2. The van der Waals surface area contributed by atoms with Crippen molar-refractivity contribution in [2.24, 2.45) is 0 Å². The molecule has 0 N–H and O–H groups in total. The Kier molecular flexibility index (Phi) is 6.30. The van der Waals surface area contributed by atoms with Gasteiger partial charge in [-0.3, -0.25) is 9.59 Å². The second kappa shape index (κ2) is 8.90. The second-order valence-corrected chi connectivity index (χ2v) is 6.84. The van der Waals surface area contributed by atoms with Crippen molar-refractivity contribution in [2.75, 3.05) is 6.61 Å². The van der Waals surface area contributed by atoms with Crippen molar-refractivity contribution >= 4 is 22.8 Å². The summed E-state index contributed by atoms with van der Waals surface area (Å²) in [5.74, 6) is -0.0390. The van der Waals surface area contributed by atoms with Crippen LogP contribution in [0, 0.1) is 6.92 Å². The molecule has 0 aliphatic rings. The van der Waals surface area contributed by atoms with E-state index in [4.69, 9.17) is 9.47 Å². The monoisotopic (exact) mass is 408 g/mol. The number of hydrogen-bond donors (Lipinski definition) is 0. The molecule has 7 heteroatoms. The average molecular weight is 408 g/mol. The third kappa shape index (κ3) is 4.25. The van der Waals surface area contributed by atoms with Crippen molar-refractivity contribution in [3.05, 3.63) is 69.1 Å². The van der Waals surface area contributed by atoms with E-state index in [2.05, 4.69) is 4.98 Å². The first-order valence-corrected chi connectivity index (χ1v) is 9.80. The van der Waals surface area contributed by atoms with E-state index in [9.17, 15) is 14.4 Å². The molecule has 0 spiro atoms. The summed E-state index contributed by atoms with van der Waals surface area (Å²) in [5, 5.41) is 0. The van der Waals surface area contributed by atoms with Crippen LogP contribution in [0.5, 0.6) is 5.75 Å². The molecular formula is C23H24N2O5. The van der Waals surface area contributed by atoms with Crippen molar-refractivity contribution in [3.63, 3.8) is 0 Å². The van der Waals surface area contributed by atoms with Crippen molar-refractivity contribution in [1.29, 1.82) is 0 Å². The van der Waals surface area contributed by atoms with Gasteiger partial charge >= 0.3 is 5.97 Å². The summed E-state index contributed by atoms with van der Waals surface area (Å²) < 4.78 is 12.7. The highest BCUT2D eigenvalue weighted by molar-refractivity contribution is 5.95. The van der Waals surface area contributed by atoms with Gasteiger partial charge in [-0.25, -0.2) is 9.78 Å². The molecule has 0 fully saturated rings. The van der Waals surface area contributed by atoms with Crippen LogP contribution >= 0.6 is 0 Å². The number of ether oxygens (including phenoxy) is 2. The molecule has 0 unspecified atom stereocenters. The molecule has 2 aromatic carbocycles. The van der Waals surface area contributed by atoms with Crippen LogP contribution in [-0.2, 0) is 17.9 Å². The standard InChI is InChI=1S/C23H24N2O5/c1-5-25-20-9-7-17(12-19(20)24-14(3)22(25)27)23(28)30-13-18-11-16(15(4)26)8-10-21(18)29-6-2/h7-12H,5-6,13H2,1-4H3. The molecule has 0 saturated heterocycles. The first kappa shape index (κ1) is 21.2. The summed E-state index contributed by atoms with van der Waals surface area (Å²) in [7, 11) is 0. The average Bonchev–Trinajstić information content (AvgIpc) is 2.73. The number of rotatable bonds is 7. The van der Waals surface area contributed by atoms with E-state index < -0.39 is 5.97 Å². The van der Waals surface area contributed by atoms with Crippen LogP contribution in [0.1, 0.15) is 52.7 Å². The van der Waals surface area contributed by atoms with E-state index in [1.54, 1.807) is 47.9 Å². The summed E-state index contributed by atoms with van der Waals surface area (Å²) in [6.45, 7) is 7.79. The van der Waals surface area contributed by atoms with E-state index in [1.807, 2.05) is 13.8 Å². The van der Waals surface area contributed by atoms with Crippen molar-refractivity contribution in [2.45, 2.75) is 40.8 Å². The van der Waals surface area contributed by atoms with Gasteiger partial charge in [-0.1, -0.05) is 0 Å². The number of nitrogens with zero attached hydrogens (tertiary/aromatic N) is 2. The Bertz CT molecular complexity index is 1180. The SMILES string of the molecule is CCOc1ccc(C(C)=O)cc1COC(=O)c1ccc2c(c1)nc(C)c(=O)n2CC. The number of Topliss-reactive ketones (excluding diaryl/α,β-unsaturated/α-hetero) is 1. The van der Waals surface area contributed by atoms with Gasteiger partial charge in [-0.15, -0.1) is 0 Å². The van der Waals surface area contributed by atoms with Gasteiger partial charge in [0.2, 0.25) is 0 Å². The fourth-order valence-electron chi connectivity index (χ4n) is 3.25. The third-order valence-electron chi connectivity index (χ3n) is 4.79.